The molecule has 1 nitrogen and oxygen atoms in total. The second kappa shape index (κ2) is 3.21. The highest BCUT2D eigenvalue weighted by atomic mass is 14.9. The molecule has 1 saturated carbocycles. The van der Waals surface area contributed by atoms with Crippen LogP contribution in [0.4, 0.5) is 0 Å². The van der Waals surface area contributed by atoms with Gasteiger partial charge in [0.15, 0.2) is 0 Å². The molecule has 0 aromatic heterocycles. The molecule has 3 aliphatic rings. The second-order valence-electron chi connectivity index (χ2n) is 5.41. The Kier molecular flexibility index (Phi) is 1.80. The van der Waals surface area contributed by atoms with Gasteiger partial charge >= 0.3 is 0 Å². The van der Waals surface area contributed by atoms with Crippen LogP contribution in [-0.2, 0) is 6.54 Å². The topological polar surface area (TPSA) is 12.0 Å². The number of allylic oxidation sites excluding steroid dienone is 2. The predicted molar refractivity (Wildman–Crippen MR) is 65.5 cm³/mol. The zero-order valence-corrected chi connectivity index (χ0v) is 9.45. The van der Waals surface area contributed by atoms with Crippen molar-refractivity contribution in [1.29, 1.82) is 0 Å². The fraction of sp³-hybridized carbons (Fsp3) is 0.467. The summed E-state index contributed by atoms with van der Waals surface area (Å²) in [5.74, 6) is 1.44. The van der Waals surface area contributed by atoms with E-state index >= 15 is 0 Å². The summed E-state index contributed by atoms with van der Waals surface area (Å²) in [4.78, 5) is 0. The Labute approximate surface area is 96.6 Å². The molecule has 2 bridgehead atoms. The van der Waals surface area contributed by atoms with Crippen molar-refractivity contribution in [2.24, 2.45) is 0 Å². The number of benzene rings is 1. The van der Waals surface area contributed by atoms with E-state index in [1.165, 1.54) is 19.3 Å². The average molecular weight is 211 g/mol. The van der Waals surface area contributed by atoms with Crippen molar-refractivity contribution in [3.05, 3.63) is 47.0 Å². The first-order chi connectivity index (χ1) is 7.92. The van der Waals surface area contributed by atoms with Crippen LogP contribution in [0.25, 0.3) is 0 Å². The summed E-state index contributed by atoms with van der Waals surface area (Å²) in [7, 11) is 0. The van der Waals surface area contributed by atoms with Gasteiger partial charge in [-0.15, -0.1) is 0 Å². The van der Waals surface area contributed by atoms with Gasteiger partial charge in [0.25, 0.3) is 0 Å². The summed E-state index contributed by atoms with van der Waals surface area (Å²) in [5, 5.41) is 3.64. The minimum atomic E-state index is 0.720. The van der Waals surface area contributed by atoms with E-state index in [-0.39, 0.29) is 0 Å². The molecule has 82 valence electrons. The van der Waals surface area contributed by atoms with Crippen LogP contribution in [0.3, 0.4) is 0 Å². The quantitative estimate of drug-likeness (QED) is 0.758. The molecule has 0 amide bonds. The number of hydrogen-bond donors (Lipinski definition) is 1. The predicted octanol–water partition coefficient (Wildman–Crippen LogP) is 3.08. The Balaban J connectivity index is 1.67. The molecule has 1 N–H and O–H groups in total. The average Bonchev–Trinajstić information content (AvgIpc) is 2.92. The number of fused-ring (bicyclic) bond motifs is 5. The van der Waals surface area contributed by atoms with Gasteiger partial charge in [0.1, 0.15) is 0 Å². The van der Waals surface area contributed by atoms with E-state index in [0.717, 1.165) is 24.4 Å². The Morgan fingerprint density at radius 2 is 2.00 bits per heavy atom. The minimum Gasteiger partial charge on any atom is -0.310 e. The van der Waals surface area contributed by atoms with E-state index < -0.39 is 0 Å². The molecule has 0 aliphatic heterocycles. The van der Waals surface area contributed by atoms with Crippen LogP contribution in [-0.4, -0.2) is 6.04 Å². The van der Waals surface area contributed by atoms with E-state index in [1.807, 2.05) is 0 Å². The van der Waals surface area contributed by atoms with Crippen molar-refractivity contribution >= 4 is 0 Å². The van der Waals surface area contributed by atoms with Crippen LogP contribution in [0.5, 0.6) is 0 Å². The fourth-order valence-corrected chi connectivity index (χ4v) is 3.25. The van der Waals surface area contributed by atoms with Crippen molar-refractivity contribution in [3.8, 4) is 0 Å². The smallest absolute Gasteiger partial charge is 0.0211 e. The van der Waals surface area contributed by atoms with Gasteiger partial charge in [-0.3, -0.25) is 0 Å². The number of rotatable bonds is 3. The lowest BCUT2D eigenvalue weighted by Gasteiger charge is -2.15. The van der Waals surface area contributed by atoms with Crippen LogP contribution in [0, 0.1) is 0 Å². The molecule has 4 rings (SSSR count). The summed E-state index contributed by atoms with van der Waals surface area (Å²) >= 11 is 0. The standard InChI is InChI=1S/C15H17N/c1-2-12(9-16-13-6-7-13)15-11-5-4-10(8-11)14(15)3-1/h1-5,10-11,13,16H,6-9H2. The molecule has 2 atom stereocenters. The number of nitrogens with one attached hydrogen (secondary N) is 1. The van der Waals surface area contributed by atoms with Crippen LogP contribution in [0.1, 0.15) is 47.8 Å². The summed E-state index contributed by atoms with van der Waals surface area (Å²) in [6, 6.07) is 7.68. The highest BCUT2D eigenvalue weighted by Crippen LogP contribution is 2.49. The molecule has 1 aromatic carbocycles. The molecule has 2 unspecified atom stereocenters. The molecule has 1 heteroatoms. The largest absolute Gasteiger partial charge is 0.310 e. The lowest BCUT2D eigenvalue weighted by atomic mass is 9.92. The summed E-state index contributed by atoms with van der Waals surface area (Å²) in [6.07, 6.45) is 8.89. The van der Waals surface area contributed by atoms with E-state index in [0.29, 0.717) is 0 Å². The van der Waals surface area contributed by atoms with Gasteiger partial charge in [-0.05, 0) is 36.0 Å². The van der Waals surface area contributed by atoms with Crippen LogP contribution in [0.2, 0.25) is 0 Å². The Bertz CT molecular complexity index is 457. The first-order valence-corrected chi connectivity index (χ1v) is 6.45. The normalized spacial score (nSPS) is 29.8. The van der Waals surface area contributed by atoms with Gasteiger partial charge in [-0.25, -0.2) is 0 Å². The molecule has 0 radical (unpaired) electrons. The van der Waals surface area contributed by atoms with Crippen molar-refractivity contribution in [3.63, 3.8) is 0 Å². The summed E-state index contributed by atoms with van der Waals surface area (Å²) in [5.41, 5.74) is 4.78. The molecule has 0 heterocycles. The lowest BCUT2D eigenvalue weighted by Crippen LogP contribution is -2.17. The van der Waals surface area contributed by atoms with Gasteiger partial charge in [-0.1, -0.05) is 30.4 Å². The van der Waals surface area contributed by atoms with E-state index in [4.69, 9.17) is 0 Å². The van der Waals surface area contributed by atoms with Crippen LogP contribution in [0.15, 0.2) is 30.4 Å². The Hall–Kier alpha value is -1.08. The fourth-order valence-electron chi connectivity index (χ4n) is 3.25. The summed E-state index contributed by atoms with van der Waals surface area (Å²) < 4.78 is 0. The SMILES string of the molecule is C1=CC2CC1c1cccc(CNC3CC3)c12. The van der Waals surface area contributed by atoms with Crippen molar-refractivity contribution < 1.29 is 0 Å². The Morgan fingerprint density at radius 3 is 2.88 bits per heavy atom. The number of hydrogen-bond acceptors (Lipinski definition) is 1. The third-order valence-electron chi connectivity index (χ3n) is 4.24. The van der Waals surface area contributed by atoms with Gasteiger partial charge in [0.2, 0.25) is 0 Å². The van der Waals surface area contributed by atoms with Crippen molar-refractivity contribution in [1.82, 2.24) is 5.32 Å². The third-order valence-corrected chi connectivity index (χ3v) is 4.24. The van der Waals surface area contributed by atoms with Gasteiger partial charge in [0.05, 0.1) is 0 Å². The van der Waals surface area contributed by atoms with E-state index in [1.54, 1.807) is 16.7 Å². The first kappa shape index (κ1) is 9.00. The molecule has 0 saturated heterocycles. The third kappa shape index (κ3) is 1.28. The van der Waals surface area contributed by atoms with Crippen LogP contribution < -0.4 is 5.32 Å². The maximum absolute atomic E-state index is 3.64. The lowest BCUT2D eigenvalue weighted by molar-refractivity contribution is 0.680. The van der Waals surface area contributed by atoms with E-state index in [2.05, 4.69) is 35.7 Å². The van der Waals surface area contributed by atoms with Crippen molar-refractivity contribution in [2.45, 2.75) is 43.7 Å². The molecular weight excluding hydrogens is 194 g/mol. The zero-order valence-electron chi connectivity index (χ0n) is 9.45. The molecular formula is C15H17N. The van der Waals surface area contributed by atoms with Crippen molar-refractivity contribution in [2.75, 3.05) is 0 Å². The monoisotopic (exact) mass is 211 g/mol. The minimum absolute atomic E-state index is 0.720. The van der Waals surface area contributed by atoms with Gasteiger partial charge in [0, 0.05) is 24.4 Å². The molecule has 0 spiro atoms. The Morgan fingerprint density at radius 1 is 1.12 bits per heavy atom. The molecule has 16 heavy (non-hydrogen) atoms. The molecule has 1 aromatic rings. The van der Waals surface area contributed by atoms with E-state index in [9.17, 15) is 0 Å². The second-order valence-corrected chi connectivity index (χ2v) is 5.41. The highest BCUT2D eigenvalue weighted by Gasteiger charge is 2.34. The maximum Gasteiger partial charge on any atom is 0.0211 e. The molecule has 3 aliphatic carbocycles. The first-order valence-electron chi connectivity index (χ1n) is 6.45. The van der Waals surface area contributed by atoms with Gasteiger partial charge < -0.3 is 5.32 Å². The molecule has 1 fully saturated rings. The zero-order chi connectivity index (χ0) is 10.5. The van der Waals surface area contributed by atoms with Crippen LogP contribution >= 0.6 is 0 Å². The highest BCUT2D eigenvalue weighted by molar-refractivity contribution is 5.51. The van der Waals surface area contributed by atoms with Gasteiger partial charge in [-0.2, -0.15) is 0 Å². The summed E-state index contributed by atoms with van der Waals surface area (Å²) in [6.45, 7) is 1.07. The maximum atomic E-state index is 3.64.